The number of thioether (sulfide) groups is 1. The molecule has 0 fully saturated rings. The van der Waals surface area contributed by atoms with Gasteiger partial charge in [0, 0.05) is 29.8 Å². The monoisotopic (exact) mass is 437 g/mol. The second-order valence-electron chi connectivity index (χ2n) is 5.94. The van der Waals surface area contributed by atoms with Crippen LogP contribution in [0.1, 0.15) is 10.4 Å². The molecule has 0 bridgehead atoms. The van der Waals surface area contributed by atoms with E-state index < -0.39 is 29.6 Å². The van der Waals surface area contributed by atoms with Gasteiger partial charge in [0.25, 0.3) is 5.91 Å². The van der Waals surface area contributed by atoms with Gasteiger partial charge in [0.05, 0.1) is 11.5 Å². The Bertz CT molecular complexity index is 1040. The Morgan fingerprint density at radius 2 is 1.93 bits per heavy atom. The minimum Gasteiger partial charge on any atom is -0.493 e. The Morgan fingerprint density at radius 1 is 1.20 bits per heavy atom. The summed E-state index contributed by atoms with van der Waals surface area (Å²) >= 11 is 0.474. The number of rotatable bonds is 6. The third-order valence-corrected chi connectivity index (χ3v) is 4.66. The summed E-state index contributed by atoms with van der Waals surface area (Å²) in [4.78, 5) is 35.7. The second-order valence-corrected chi connectivity index (χ2v) is 6.93. The van der Waals surface area contributed by atoms with Crippen LogP contribution in [0.15, 0.2) is 49.2 Å². The molecule has 1 amide bonds. The highest BCUT2D eigenvalue weighted by molar-refractivity contribution is 8.00. The van der Waals surface area contributed by atoms with Crippen molar-refractivity contribution in [2.75, 3.05) is 16.8 Å². The average Bonchev–Trinajstić information content (AvgIpc) is 3.22. The molecule has 12 heteroatoms. The average molecular weight is 437 g/mol. The number of imidazole rings is 1. The summed E-state index contributed by atoms with van der Waals surface area (Å²) in [5.74, 6) is -2.89. The molecule has 2 aromatic heterocycles. The zero-order chi connectivity index (χ0) is 21.7. The topological polar surface area (TPSA) is 110 Å². The van der Waals surface area contributed by atoms with Gasteiger partial charge in [-0.2, -0.15) is 18.2 Å². The maximum absolute atomic E-state index is 12.2. The van der Waals surface area contributed by atoms with Gasteiger partial charge in [0.15, 0.2) is 5.82 Å². The van der Waals surface area contributed by atoms with E-state index in [9.17, 15) is 27.9 Å². The largest absolute Gasteiger partial charge is 0.493 e. The molecule has 0 radical (unpaired) electrons. The molecule has 0 aliphatic rings. The highest BCUT2D eigenvalue weighted by Crippen LogP contribution is 2.23. The number of aromatic hydroxyl groups is 1. The molecule has 3 rings (SSSR count). The number of hydrogen-bond acceptors (Lipinski definition) is 7. The van der Waals surface area contributed by atoms with E-state index >= 15 is 0 Å². The van der Waals surface area contributed by atoms with Crippen molar-refractivity contribution in [1.29, 1.82) is 0 Å². The Hall–Kier alpha value is -3.41. The van der Waals surface area contributed by atoms with Crippen LogP contribution in [0.4, 0.5) is 18.9 Å². The van der Waals surface area contributed by atoms with Crippen LogP contribution in [-0.2, 0) is 4.79 Å². The molecule has 30 heavy (non-hydrogen) atoms. The summed E-state index contributed by atoms with van der Waals surface area (Å²) in [7, 11) is 0. The predicted octanol–water partition coefficient (Wildman–Crippen LogP) is 2.97. The molecule has 3 aromatic rings. The molecule has 156 valence electrons. The molecule has 0 saturated heterocycles. The molecule has 8 nitrogen and oxygen atoms in total. The lowest BCUT2D eigenvalue weighted by molar-refractivity contribution is -0.113. The van der Waals surface area contributed by atoms with Gasteiger partial charge in [-0.3, -0.25) is 14.2 Å². The number of carbonyl (C=O) groups excluding carboxylic acids is 2. The molecular formula is C18H14F3N5O3S. The van der Waals surface area contributed by atoms with Crippen LogP contribution in [0.5, 0.6) is 5.88 Å². The zero-order valence-corrected chi connectivity index (χ0v) is 15.9. The van der Waals surface area contributed by atoms with Crippen molar-refractivity contribution in [3.05, 3.63) is 54.7 Å². The van der Waals surface area contributed by atoms with Crippen LogP contribution >= 0.6 is 11.8 Å². The molecule has 1 aromatic carbocycles. The van der Waals surface area contributed by atoms with Gasteiger partial charge in [0.2, 0.25) is 11.8 Å². The second kappa shape index (κ2) is 8.95. The van der Waals surface area contributed by atoms with E-state index in [1.807, 2.05) is 0 Å². The molecule has 2 heterocycles. The highest BCUT2D eigenvalue weighted by Gasteiger charge is 2.27. The van der Waals surface area contributed by atoms with E-state index in [4.69, 9.17) is 0 Å². The van der Waals surface area contributed by atoms with Gasteiger partial charge in [-0.05, 0) is 24.3 Å². The van der Waals surface area contributed by atoms with E-state index in [1.54, 1.807) is 12.1 Å². The fourth-order valence-corrected chi connectivity index (χ4v) is 2.93. The number of anilines is 1. The molecule has 0 aliphatic carbocycles. The number of halogens is 3. The number of benzene rings is 1. The van der Waals surface area contributed by atoms with Crippen molar-refractivity contribution in [3.63, 3.8) is 0 Å². The number of hydrogen-bond donors (Lipinski definition) is 2. The van der Waals surface area contributed by atoms with Crippen LogP contribution in [0.25, 0.3) is 11.4 Å². The van der Waals surface area contributed by atoms with Gasteiger partial charge in [0.1, 0.15) is 11.9 Å². The standard InChI is InChI=1S/C18H14F3N5O3S/c19-18(20,21)9-30-8-14(27)24-12-3-1-11(2-4-12)15-23-7-13(16(28)25-15)17(29)26-6-5-22-10-26/h1-7,10H,8-9H2,(H,24,27)(H,23,25,28). The number of nitrogens with one attached hydrogen (secondary N) is 1. The minimum absolute atomic E-state index is 0.100. The Balaban J connectivity index is 1.64. The van der Waals surface area contributed by atoms with Gasteiger partial charge in [-0.1, -0.05) is 0 Å². The zero-order valence-electron chi connectivity index (χ0n) is 15.1. The number of amides is 1. The lowest BCUT2D eigenvalue weighted by atomic mass is 10.2. The summed E-state index contributed by atoms with van der Waals surface area (Å²) in [6, 6.07) is 6.16. The Morgan fingerprint density at radius 3 is 2.53 bits per heavy atom. The molecule has 0 aliphatic heterocycles. The lowest BCUT2D eigenvalue weighted by Crippen LogP contribution is -2.17. The third kappa shape index (κ3) is 5.56. The number of nitrogens with zero attached hydrogens (tertiary/aromatic N) is 4. The molecule has 2 N–H and O–H groups in total. The highest BCUT2D eigenvalue weighted by atomic mass is 32.2. The molecule has 0 spiro atoms. The van der Waals surface area contributed by atoms with Gasteiger partial charge in [-0.25, -0.2) is 9.97 Å². The van der Waals surface area contributed by atoms with E-state index in [1.165, 1.54) is 41.6 Å². The van der Waals surface area contributed by atoms with Gasteiger partial charge < -0.3 is 10.4 Å². The van der Waals surface area contributed by atoms with E-state index in [0.29, 0.717) is 23.0 Å². The van der Waals surface area contributed by atoms with Crippen LogP contribution in [0, 0.1) is 0 Å². The van der Waals surface area contributed by atoms with E-state index in [0.717, 1.165) is 0 Å². The first-order chi connectivity index (χ1) is 14.2. The third-order valence-electron chi connectivity index (χ3n) is 3.66. The summed E-state index contributed by atoms with van der Waals surface area (Å²) < 4.78 is 37.5. The smallest absolute Gasteiger partial charge is 0.397 e. The van der Waals surface area contributed by atoms with Crippen LogP contribution in [0.3, 0.4) is 0 Å². The molecular weight excluding hydrogens is 423 g/mol. The van der Waals surface area contributed by atoms with Crippen LogP contribution < -0.4 is 5.32 Å². The van der Waals surface area contributed by atoms with E-state index in [-0.39, 0.29) is 17.1 Å². The predicted molar refractivity (Wildman–Crippen MR) is 103 cm³/mol. The van der Waals surface area contributed by atoms with Gasteiger partial charge in [-0.15, -0.1) is 11.8 Å². The molecule has 0 atom stereocenters. The fraction of sp³-hybridized carbons (Fsp3) is 0.167. The van der Waals surface area contributed by atoms with Crippen LogP contribution in [-0.4, -0.2) is 54.1 Å². The number of aromatic nitrogens is 4. The van der Waals surface area contributed by atoms with Crippen molar-refractivity contribution in [2.24, 2.45) is 0 Å². The van der Waals surface area contributed by atoms with E-state index in [2.05, 4.69) is 20.3 Å². The van der Waals surface area contributed by atoms with Gasteiger partial charge >= 0.3 is 6.18 Å². The first-order valence-electron chi connectivity index (χ1n) is 8.36. The first-order valence-corrected chi connectivity index (χ1v) is 9.52. The van der Waals surface area contributed by atoms with Crippen molar-refractivity contribution in [3.8, 4) is 17.3 Å². The number of alkyl halides is 3. The fourth-order valence-electron chi connectivity index (χ4n) is 2.34. The summed E-state index contributed by atoms with van der Waals surface area (Å²) in [5.41, 5.74) is 0.779. The Kier molecular flexibility index (Phi) is 6.35. The summed E-state index contributed by atoms with van der Waals surface area (Å²) in [6.45, 7) is 0. The maximum atomic E-state index is 12.2. The van der Waals surface area contributed by atoms with Crippen LogP contribution in [0.2, 0.25) is 0 Å². The number of carbonyl (C=O) groups is 2. The maximum Gasteiger partial charge on any atom is 0.397 e. The minimum atomic E-state index is -4.32. The quantitative estimate of drug-likeness (QED) is 0.610. The molecule has 0 saturated carbocycles. The molecule has 0 unspecified atom stereocenters. The SMILES string of the molecule is O=C(CSCC(F)(F)F)Nc1ccc(-c2ncc(C(=O)n3ccnc3)c(O)n2)cc1. The summed E-state index contributed by atoms with van der Waals surface area (Å²) in [5, 5.41) is 12.6. The normalized spacial score (nSPS) is 11.3. The lowest BCUT2D eigenvalue weighted by Gasteiger charge is -2.08. The van der Waals surface area contributed by atoms with Crippen molar-refractivity contribution in [1.82, 2.24) is 19.5 Å². The van der Waals surface area contributed by atoms with Crippen molar-refractivity contribution >= 4 is 29.3 Å². The summed E-state index contributed by atoms with van der Waals surface area (Å²) in [6.07, 6.45) is 0.985. The van der Waals surface area contributed by atoms with Crippen molar-refractivity contribution < 1.29 is 27.9 Å². The first kappa shape index (κ1) is 21.3. The van der Waals surface area contributed by atoms with Crippen molar-refractivity contribution in [2.45, 2.75) is 6.18 Å². The Labute approximate surface area is 172 Å².